The van der Waals surface area contributed by atoms with Crippen molar-refractivity contribution >= 4 is 17.5 Å². The fourth-order valence-corrected chi connectivity index (χ4v) is 4.11. The molecule has 4 heteroatoms. The molecule has 2 bridgehead atoms. The van der Waals surface area contributed by atoms with Gasteiger partial charge < -0.3 is 5.73 Å². The van der Waals surface area contributed by atoms with Crippen LogP contribution in [0.3, 0.4) is 0 Å². The average molecular weight is 282 g/mol. The summed E-state index contributed by atoms with van der Waals surface area (Å²) in [5.74, 6) is 0.489. The number of nitrogens with zero attached hydrogens (tertiary/aromatic N) is 1. The van der Waals surface area contributed by atoms with E-state index in [0.29, 0.717) is 13.0 Å². The van der Waals surface area contributed by atoms with Gasteiger partial charge in [-0.2, -0.15) is 0 Å². The molecule has 0 aromatic heterocycles. The highest BCUT2D eigenvalue weighted by Gasteiger charge is 2.58. The van der Waals surface area contributed by atoms with E-state index in [4.69, 9.17) is 5.73 Å². The van der Waals surface area contributed by atoms with Crippen molar-refractivity contribution in [3.05, 3.63) is 42.0 Å². The van der Waals surface area contributed by atoms with Crippen LogP contribution in [0.4, 0.5) is 5.69 Å². The molecule has 1 aromatic carbocycles. The number of carbonyl (C=O) groups is 2. The predicted octanol–water partition coefficient (Wildman–Crippen LogP) is 1.62. The van der Waals surface area contributed by atoms with Crippen molar-refractivity contribution in [2.75, 3.05) is 12.3 Å². The Morgan fingerprint density at radius 2 is 1.57 bits per heavy atom. The average Bonchev–Trinajstić information content (AvgIpc) is 3.14. The molecule has 0 radical (unpaired) electrons. The third-order valence-corrected chi connectivity index (χ3v) is 5.17. The van der Waals surface area contributed by atoms with Crippen LogP contribution < -0.4 is 5.73 Å². The number of fused-ring (bicyclic) bond motifs is 5. The molecule has 2 N–H and O–H groups in total. The Hall–Kier alpha value is -2.10. The number of hydrogen-bond donors (Lipinski definition) is 1. The lowest BCUT2D eigenvalue weighted by Gasteiger charge is -2.17. The van der Waals surface area contributed by atoms with Crippen LogP contribution in [0.5, 0.6) is 0 Å². The minimum absolute atomic E-state index is 0.0392. The molecule has 1 aliphatic heterocycles. The highest BCUT2D eigenvalue weighted by molar-refractivity contribution is 6.06. The van der Waals surface area contributed by atoms with Crippen molar-refractivity contribution in [2.24, 2.45) is 23.7 Å². The first-order valence-electron chi connectivity index (χ1n) is 7.53. The van der Waals surface area contributed by atoms with Crippen molar-refractivity contribution in [2.45, 2.75) is 12.8 Å². The van der Waals surface area contributed by atoms with E-state index < -0.39 is 0 Å². The third kappa shape index (κ3) is 1.82. The summed E-state index contributed by atoms with van der Waals surface area (Å²) in [7, 11) is 0. The molecule has 1 saturated carbocycles. The van der Waals surface area contributed by atoms with Crippen LogP contribution in [0, 0.1) is 23.7 Å². The number of rotatable bonds is 3. The van der Waals surface area contributed by atoms with E-state index in [1.165, 1.54) is 4.90 Å². The second-order valence-electron chi connectivity index (χ2n) is 6.32. The lowest BCUT2D eigenvalue weighted by molar-refractivity contribution is -0.140. The number of carbonyl (C=O) groups excluding carboxylic acids is 2. The summed E-state index contributed by atoms with van der Waals surface area (Å²) in [5.41, 5.74) is 7.49. The first-order chi connectivity index (χ1) is 10.1. The number of benzene rings is 1. The summed E-state index contributed by atoms with van der Waals surface area (Å²) < 4.78 is 0. The number of amides is 2. The number of anilines is 1. The van der Waals surface area contributed by atoms with Crippen LogP contribution in [-0.4, -0.2) is 23.3 Å². The second kappa shape index (κ2) is 4.45. The molecular formula is C17H18N2O2. The zero-order valence-corrected chi connectivity index (χ0v) is 11.7. The first-order valence-corrected chi connectivity index (χ1v) is 7.53. The molecule has 4 rings (SSSR count). The third-order valence-electron chi connectivity index (χ3n) is 5.17. The highest BCUT2D eigenvalue weighted by atomic mass is 16.2. The van der Waals surface area contributed by atoms with Gasteiger partial charge in [-0.3, -0.25) is 14.5 Å². The van der Waals surface area contributed by atoms with Crippen molar-refractivity contribution in [3.63, 3.8) is 0 Å². The van der Waals surface area contributed by atoms with Crippen LogP contribution in [0.25, 0.3) is 0 Å². The van der Waals surface area contributed by atoms with E-state index in [2.05, 4.69) is 12.2 Å². The molecule has 1 heterocycles. The summed E-state index contributed by atoms with van der Waals surface area (Å²) in [5, 5.41) is 0. The normalized spacial score (nSPS) is 33.0. The number of nitrogen functional groups attached to an aromatic ring is 1. The molecule has 2 amide bonds. The molecule has 4 atom stereocenters. The fraction of sp³-hybridized carbons (Fsp3) is 0.412. The maximum absolute atomic E-state index is 12.5. The Morgan fingerprint density at radius 3 is 2.14 bits per heavy atom. The maximum Gasteiger partial charge on any atom is 0.233 e. The van der Waals surface area contributed by atoms with Gasteiger partial charge in [0.1, 0.15) is 0 Å². The lowest BCUT2D eigenvalue weighted by Crippen LogP contribution is -2.34. The fourth-order valence-electron chi connectivity index (χ4n) is 4.11. The van der Waals surface area contributed by atoms with Gasteiger partial charge in [-0.05, 0) is 42.4 Å². The van der Waals surface area contributed by atoms with E-state index in [0.717, 1.165) is 17.7 Å². The minimum Gasteiger partial charge on any atom is -0.399 e. The van der Waals surface area contributed by atoms with Crippen molar-refractivity contribution < 1.29 is 9.59 Å². The van der Waals surface area contributed by atoms with Gasteiger partial charge in [0.15, 0.2) is 0 Å². The Bertz CT molecular complexity index is 605. The molecule has 0 spiro atoms. The van der Waals surface area contributed by atoms with Gasteiger partial charge in [0.05, 0.1) is 11.8 Å². The monoisotopic (exact) mass is 282 g/mol. The van der Waals surface area contributed by atoms with Gasteiger partial charge in [-0.25, -0.2) is 0 Å². The van der Waals surface area contributed by atoms with Crippen LogP contribution >= 0.6 is 0 Å². The number of allylic oxidation sites excluding steroid dienone is 2. The van der Waals surface area contributed by atoms with Gasteiger partial charge in [0, 0.05) is 12.2 Å². The minimum atomic E-state index is -0.0843. The summed E-state index contributed by atoms with van der Waals surface area (Å²) >= 11 is 0. The predicted molar refractivity (Wildman–Crippen MR) is 79.0 cm³/mol. The van der Waals surface area contributed by atoms with Crippen LogP contribution in [0.15, 0.2) is 36.4 Å². The van der Waals surface area contributed by atoms with Crippen molar-refractivity contribution in [1.82, 2.24) is 4.90 Å². The van der Waals surface area contributed by atoms with Crippen molar-refractivity contribution in [3.8, 4) is 0 Å². The number of hydrogen-bond acceptors (Lipinski definition) is 3. The lowest BCUT2D eigenvalue weighted by atomic mass is 9.85. The Kier molecular flexibility index (Phi) is 2.67. The summed E-state index contributed by atoms with van der Waals surface area (Å²) in [6.07, 6.45) is 5.93. The van der Waals surface area contributed by atoms with Gasteiger partial charge in [0.25, 0.3) is 0 Å². The Morgan fingerprint density at radius 1 is 1.00 bits per heavy atom. The summed E-state index contributed by atoms with van der Waals surface area (Å²) in [4.78, 5) is 26.5. The first kappa shape index (κ1) is 12.6. The number of likely N-dealkylation sites (tertiary alicyclic amines) is 1. The molecule has 3 aliphatic rings. The van der Waals surface area contributed by atoms with Crippen LogP contribution in [0.1, 0.15) is 12.0 Å². The molecule has 2 aliphatic carbocycles. The number of nitrogens with two attached hydrogens (primary N) is 1. The maximum atomic E-state index is 12.5. The standard InChI is InChI=1S/C17H18N2O2/c18-13-5-1-10(2-6-13)7-8-19-16(20)14-11-3-4-12(9-11)15(14)17(19)21/h1-6,11-12,14-15H,7-9,18H2. The molecule has 1 saturated heterocycles. The topological polar surface area (TPSA) is 63.4 Å². The Labute approximate surface area is 123 Å². The molecule has 1 aromatic rings. The van der Waals surface area contributed by atoms with E-state index >= 15 is 0 Å². The summed E-state index contributed by atoms with van der Waals surface area (Å²) in [6.45, 7) is 0.480. The van der Waals surface area contributed by atoms with E-state index in [-0.39, 0.29) is 35.5 Å². The Balaban J connectivity index is 1.48. The molecule has 4 nitrogen and oxygen atoms in total. The molecule has 4 unspecified atom stereocenters. The van der Waals surface area contributed by atoms with Gasteiger partial charge >= 0.3 is 0 Å². The quantitative estimate of drug-likeness (QED) is 0.520. The van der Waals surface area contributed by atoms with Crippen LogP contribution in [0.2, 0.25) is 0 Å². The SMILES string of the molecule is Nc1ccc(CCN2C(=O)C3C4C=CC(C4)C3C2=O)cc1. The van der Waals surface area contributed by atoms with E-state index in [1.54, 1.807) is 0 Å². The van der Waals surface area contributed by atoms with E-state index in [9.17, 15) is 9.59 Å². The van der Waals surface area contributed by atoms with Gasteiger partial charge in [-0.1, -0.05) is 24.3 Å². The zero-order valence-electron chi connectivity index (χ0n) is 11.7. The largest absolute Gasteiger partial charge is 0.399 e. The molecular weight excluding hydrogens is 264 g/mol. The van der Waals surface area contributed by atoms with Crippen LogP contribution in [-0.2, 0) is 16.0 Å². The highest BCUT2D eigenvalue weighted by Crippen LogP contribution is 2.52. The van der Waals surface area contributed by atoms with Crippen molar-refractivity contribution in [1.29, 1.82) is 0 Å². The van der Waals surface area contributed by atoms with Gasteiger partial charge in [0.2, 0.25) is 11.8 Å². The molecule has 21 heavy (non-hydrogen) atoms. The number of imide groups is 1. The molecule has 2 fully saturated rings. The second-order valence-corrected chi connectivity index (χ2v) is 6.32. The smallest absolute Gasteiger partial charge is 0.233 e. The van der Waals surface area contributed by atoms with Gasteiger partial charge in [-0.15, -0.1) is 0 Å². The molecule has 108 valence electrons. The zero-order chi connectivity index (χ0) is 14.6. The van der Waals surface area contributed by atoms with E-state index in [1.807, 2.05) is 24.3 Å². The summed E-state index contributed by atoms with van der Waals surface area (Å²) in [6, 6.07) is 7.60.